The summed E-state index contributed by atoms with van der Waals surface area (Å²) < 4.78 is 4.63. The number of amides is 2. The van der Waals surface area contributed by atoms with Crippen LogP contribution in [-0.4, -0.2) is 46.6 Å². The van der Waals surface area contributed by atoms with Crippen LogP contribution in [0.1, 0.15) is 44.2 Å². The fourth-order valence-corrected chi connectivity index (χ4v) is 2.94. The minimum Gasteiger partial charge on any atom is -0.453 e. The standard InChI is InChI=1S/C17H24N4O3/c1-5-7-12-10-18-15(19-12)13-8-6-9-21(13)16(22)14(11(2)3)20-17(23)24-4/h1,10-11,13-14H,6-9H2,2-4H3,(H,18,19)(H,20,23)/t13-,14+/m1/s1. The molecule has 24 heavy (non-hydrogen) atoms. The molecule has 1 saturated heterocycles. The van der Waals surface area contributed by atoms with Gasteiger partial charge in [0.25, 0.3) is 0 Å². The van der Waals surface area contributed by atoms with E-state index in [1.165, 1.54) is 7.11 Å². The number of hydrogen-bond acceptors (Lipinski definition) is 4. The molecule has 0 bridgehead atoms. The zero-order valence-corrected chi connectivity index (χ0v) is 14.3. The summed E-state index contributed by atoms with van der Waals surface area (Å²) in [7, 11) is 1.28. The van der Waals surface area contributed by atoms with Gasteiger partial charge in [0.1, 0.15) is 11.9 Å². The molecule has 130 valence electrons. The van der Waals surface area contributed by atoms with E-state index in [0.717, 1.165) is 24.4 Å². The summed E-state index contributed by atoms with van der Waals surface area (Å²) in [5, 5.41) is 2.63. The van der Waals surface area contributed by atoms with Gasteiger partial charge >= 0.3 is 6.09 Å². The number of nitrogens with one attached hydrogen (secondary N) is 2. The highest BCUT2D eigenvalue weighted by Crippen LogP contribution is 2.31. The Labute approximate surface area is 142 Å². The summed E-state index contributed by atoms with van der Waals surface area (Å²) in [6.07, 6.45) is 8.63. The van der Waals surface area contributed by atoms with E-state index in [9.17, 15) is 9.59 Å². The Balaban J connectivity index is 2.16. The zero-order valence-electron chi connectivity index (χ0n) is 14.3. The molecule has 2 atom stereocenters. The van der Waals surface area contributed by atoms with Crippen molar-refractivity contribution in [1.82, 2.24) is 20.2 Å². The van der Waals surface area contributed by atoms with Crippen LogP contribution in [0.4, 0.5) is 4.79 Å². The van der Waals surface area contributed by atoms with Gasteiger partial charge in [-0.25, -0.2) is 9.78 Å². The quantitative estimate of drug-likeness (QED) is 0.802. The van der Waals surface area contributed by atoms with Crippen molar-refractivity contribution in [3.05, 3.63) is 17.7 Å². The van der Waals surface area contributed by atoms with Gasteiger partial charge < -0.3 is 19.9 Å². The SMILES string of the molecule is C#CCc1cnc([C@H]2CCCN2C(=O)[C@@H](NC(=O)OC)C(C)C)[nH]1. The van der Waals surface area contributed by atoms with Crippen molar-refractivity contribution < 1.29 is 14.3 Å². The van der Waals surface area contributed by atoms with Gasteiger partial charge in [0.2, 0.25) is 5.91 Å². The van der Waals surface area contributed by atoms with Crippen molar-refractivity contribution in [2.24, 2.45) is 5.92 Å². The van der Waals surface area contributed by atoms with Gasteiger partial charge in [0.15, 0.2) is 0 Å². The van der Waals surface area contributed by atoms with Crippen molar-refractivity contribution in [2.45, 2.75) is 45.2 Å². The molecule has 0 radical (unpaired) electrons. The number of carbonyl (C=O) groups is 2. The smallest absolute Gasteiger partial charge is 0.407 e. The Bertz CT molecular complexity index is 632. The number of likely N-dealkylation sites (tertiary alicyclic amines) is 1. The van der Waals surface area contributed by atoms with Crippen molar-refractivity contribution in [3.63, 3.8) is 0 Å². The fourth-order valence-electron chi connectivity index (χ4n) is 2.94. The lowest BCUT2D eigenvalue weighted by Gasteiger charge is -2.30. The van der Waals surface area contributed by atoms with Gasteiger partial charge in [-0.1, -0.05) is 13.8 Å². The van der Waals surface area contributed by atoms with Crippen LogP contribution in [0.25, 0.3) is 0 Å². The van der Waals surface area contributed by atoms with Gasteiger partial charge in [-0.3, -0.25) is 4.79 Å². The number of alkyl carbamates (subject to hydrolysis) is 1. The van der Waals surface area contributed by atoms with Crippen LogP contribution >= 0.6 is 0 Å². The minimum absolute atomic E-state index is 0.0496. The van der Waals surface area contributed by atoms with Crippen molar-refractivity contribution in [1.29, 1.82) is 0 Å². The number of terminal acetylenes is 1. The third-order valence-corrected chi connectivity index (χ3v) is 4.18. The number of carbonyl (C=O) groups excluding carboxylic acids is 2. The average Bonchev–Trinajstić information content (AvgIpc) is 3.20. The van der Waals surface area contributed by atoms with E-state index in [2.05, 4.69) is 25.9 Å². The monoisotopic (exact) mass is 332 g/mol. The summed E-state index contributed by atoms with van der Waals surface area (Å²) in [5.41, 5.74) is 0.861. The second-order valence-electron chi connectivity index (χ2n) is 6.22. The second kappa shape index (κ2) is 7.86. The van der Waals surface area contributed by atoms with Crippen LogP contribution in [0.2, 0.25) is 0 Å². The maximum absolute atomic E-state index is 12.9. The summed E-state index contributed by atoms with van der Waals surface area (Å²) in [5.74, 6) is 3.14. The highest BCUT2D eigenvalue weighted by atomic mass is 16.5. The summed E-state index contributed by atoms with van der Waals surface area (Å²) >= 11 is 0. The fraction of sp³-hybridized carbons (Fsp3) is 0.588. The Morgan fingerprint density at radius 1 is 1.58 bits per heavy atom. The molecule has 1 aliphatic heterocycles. The molecule has 1 fully saturated rings. The van der Waals surface area contributed by atoms with E-state index < -0.39 is 12.1 Å². The average molecular weight is 332 g/mol. The van der Waals surface area contributed by atoms with Crippen LogP contribution < -0.4 is 5.32 Å². The van der Waals surface area contributed by atoms with Gasteiger partial charge in [0, 0.05) is 18.4 Å². The van der Waals surface area contributed by atoms with Crippen LogP contribution in [0.3, 0.4) is 0 Å². The highest BCUT2D eigenvalue weighted by Gasteiger charge is 2.37. The molecule has 0 aromatic carbocycles. The number of nitrogens with zero attached hydrogens (tertiary/aromatic N) is 2. The number of methoxy groups -OCH3 is 1. The summed E-state index contributed by atoms with van der Waals surface area (Å²) in [6, 6.07) is -0.747. The lowest BCUT2D eigenvalue weighted by atomic mass is 10.0. The minimum atomic E-state index is -0.627. The van der Waals surface area contributed by atoms with E-state index in [1.807, 2.05) is 13.8 Å². The van der Waals surface area contributed by atoms with Crippen LogP contribution in [0.15, 0.2) is 6.20 Å². The molecule has 0 spiro atoms. The Morgan fingerprint density at radius 3 is 2.96 bits per heavy atom. The topological polar surface area (TPSA) is 87.3 Å². The number of aromatic amines is 1. The van der Waals surface area contributed by atoms with E-state index in [4.69, 9.17) is 6.42 Å². The van der Waals surface area contributed by atoms with Gasteiger partial charge in [-0.05, 0) is 18.8 Å². The molecule has 0 unspecified atom stereocenters. The predicted octanol–water partition coefficient (Wildman–Crippen LogP) is 1.63. The lowest BCUT2D eigenvalue weighted by molar-refractivity contribution is -0.135. The van der Waals surface area contributed by atoms with Gasteiger partial charge in [-0.2, -0.15) is 0 Å². The molecule has 1 aromatic rings. The number of aromatic nitrogens is 2. The summed E-state index contributed by atoms with van der Waals surface area (Å²) in [6.45, 7) is 4.42. The van der Waals surface area contributed by atoms with Crippen molar-refractivity contribution in [3.8, 4) is 12.3 Å². The number of imidazole rings is 1. The van der Waals surface area contributed by atoms with E-state index >= 15 is 0 Å². The maximum Gasteiger partial charge on any atom is 0.407 e. The molecule has 2 amide bonds. The number of rotatable bonds is 5. The first-order chi connectivity index (χ1) is 11.5. The molecule has 1 aliphatic rings. The Morgan fingerprint density at radius 2 is 2.33 bits per heavy atom. The molecule has 2 heterocycles. The van der Waals surface area contributed by atoms with Crippen LogP contribution in [-0.2, 0) is 16.0 Å². The van der Waals surface area contributed by atoms with Gasteiger partial charge in [0.05, 0.1) is 19.6 Å². The largest absolute Gasteiger partial charge is 0.453 e. The van der Waals surface area contributed by atoms with Crippen molar-refractivity contribution in [2.75, 3.05) is 13.7 Å². The zero-order chi connectivity index (χ0) is 17.7. The van der Waals surface area contributed by atoms with Crippen LogP contribution in [0.5, 0.6) is 0 Å². The van der Waals surface area contributed by atoms with E-state index in [-0.39, 0.29) is 17.9 Å². The van der Waals surface area contributed by atoms with Crippen molar-refractivity contribution >= 4 is 12.0 Å². The Kier molecular flexibility index (Phi) is 5.85. The summed E-state index contributed by atoms with van der Waals surface area (Å²) in [4.78, 5) is 33.8. The third-order valence-electron chi connectivity index (χ3n) is 4.18. The molecular formula is C17H24N4O3. The number of hydrogen-bond donors (Lipinski definition) is 2. The molecule has 0 aliphatic carbocycles. The third kappa shape index (κ3) is 3.88. The molecule has 7 heteroatoms. The van der Waals surface area contributed by atoms with Crippen LogP contribution in [0, 0.1) is 18.3 Å². The first-order valence-corrected chi connectivity index (χ1v) is 8.10. The number of ether oxygens (including phenoxy) is 1. The molecule has 0 saturated carbocycles. The molecule has 2 N–H and O–H groups in total. The normalized spacial score (nSPS) is 18.3. The highest BCUT2D eigenvalue weighted by molar-refractivity contribution is 5.86. The first-order valence-electron chi connectivity index (χ1n) is 8.10. The second-order valence-corrected chi connectivity index (χ2v) is 6.22. The van der Waals surface area contributed by atoms with E-state index in [0.29, 0.717) is 13.0 Å². The molecule has 1 aromatic heterocycles. The molecule has 2 rings (SSSR count). The maximum atomic E-state index is 12.9. The Hall–Kier alpha value is -2.49. The lowest BCUT2D eigenvalue weighted by Crippen LogP contribution is -2.51. The number of H-pyrrole nitrogens is 1. The van der Waals surface area contributed by atoms with E-state index in [1.54, 1.807) is 11.1 Å². The molecular weight excluding hydrogens is 308 g/mol. The van der Waals surface area contributed by atoms with Gasteiger partial charge in [-0.15, -0.1) is 12.3 Å². The first kappa shape index (κ1) is 17.9. The molecule has 7 nitrogen and oxygen atoms in total. The predicted molar refractivity (Wildman–Crippen MR) is 89.0 cm³/mol.